The standard InChI is InChI=1S/C16H20N4S/c1-4-14-9-15(19-11(2)18-14)20(3)10-12-6-5-7-13(8-12)16(17)21/h5-9H,4,10H2,1-3H3,(H2,17,21). The van der Waals surface area contributed by atoms with Crippen LogP contribution in [-0.4, -0.2) is 22.0 Å². The summed E-state index contributed by atoms with van der Waals surface area (Å²) < 4.78 is 0. The number of nitrogens with two attached hydrogens (primary N) is 1. The third-order valence-corrected chi connectivity index (χ3v) is 3.50. The van der Waals surface area contributed by atoms with E-state index in [-0.39, 0.29) is 0 Å². The Hall–Kier alpha value is -2.01. The van der Waals surface area contributed by atoms with E-state index in [2.05, 4.69) is 27.9 Å². The number of benzene rings is 1. The van der Waals surface area contributed by atoms with Gasteiger partial charge in [-0.1, -0.05) is 37.3 Å². The monoisotopic (exact) mass is 300 g/mol. The highest BCUT2D eigenvalue weighted by Gasteiger charge is 2.07. The number of aryl methyl sites for hydroxylation is 2. The van der Waals surface area contributed by atoms with Crippen LogP contribution >= 0.6 is 12.2 Å². The zero-order valence-electron chi connectivity index (χ0n) is 12.6. The van der Waals surface area contributed by atoms with E-state index in [4.69, 9.17) is 18.0 Å². The molecule has 0 saturated heterocycles. The molecule has 2 aromatic rings. The molecule has 2 rings (SSSR count). The predicted octanol–water partition coefficient (Wildman–Crippen LogP) is 2.62. The summed E-state index contributed by atoms with van der Waals surface area (Å²) in [4.78, 5) is 11.4. The van der Waals surface area contributed by atoms with E-state index in [1.807, 2.05) is 38.2 Å². The maximum Gasteiger partial charge on any atom is 0.132 e. The topological polar surface area (TPSA) is 55.0 Å². The smallest absolute Gasteiger partial charge is 0.132 e. The van der Waals surface area contributed by atoms with Crippen molar-refractivity contribution in [3.63, 3.8) is 0 Å². The largest absolute Gasteiger partial charge is 0.389 e. The second-order valence-electron chi connectivity index (χ2n) is 5.04. The number of aromatic nitrogens is 2. The van der Waals surface area contributed by atoms with Gasteiger partial charge in [0.15, 0.2) is 0 Å². The highest BCUT2D eigenvalue weighted by Crippen LogP contribution is 2.15. The zero-order valence-corrected chi connectivity index (χ0v) is 13.4. The lowest BCUT2D eigenvalue weighted by Crippen LogP contribution is -2.19. The number of hydrogen-bond acceptors (Lipinski definition) is 4. The van der Waals surface area contributed by atoms with E-state index >= 15 is 0 Å². The molecule has 0 bridgehead atoms. The SMILES string of the molecule is CCc1cc(N(C)Cc2cccc(C(N)=S)c2)nc(C)n1. The van der Waals surface area contributed by atoms with Crippen molar-refractivity contribution in [1.82, 2.24) is 9.97 Å². The maximum absolute atomic E-state index is 5.68. The molecular formula is C16H20N4S. The summed E-state index contributed by atoms with van der Waals surface area (Å²) in [5.41, 5.74) is 8.78. The van der Waals surface area contributed by atoms with Gasteiger partial charge in [-0.25, -0.2) is 9.97 Å². The normalized spacial score (nSPS) is 10.4. The van der Waals surface area contributed by atoms with Crippen molar-refractivity contribution >= 4 is 23.0 Å². The fourth-order valence-corrected chi connectivity index (χ4v) is 2.29. The Morgan fingerprint density at radius 3 is 2.71 bits per heavy atom. The van der Waals surface area contributed by atoms with Gasteiger partial charge in [0.2, 0.25) is 0 Å². The van der Waals surface area contributed by atoms with Crippen molar-refractivity contribution in [2.45, 2.75) is 26.8 Å². The lowest BCUT2D eigenvalue weighted by Gasteiger charge is -2.19. The molecule has 21 heavy (non-hydrogen) atoms. The van der Waals surface area contributed by atoms with E-state index in [1.54, 1.807) is 0 Å². The zero-order chi connectivity index (χ0) is 15.4. The molecule has 0 atom stereocenters. The third kappa shape index (κ3) is 3.98. The second-order valence-corrected chi connectivity index (χ2v) is 5.48. The summed E-state index contributed by atoms with van der Waals surface area (Å²) >= 11 is 5.02. The van der Waals surface area contributed by atoms with Crippen molar-refractivity contribution in [1.29, 1.82) is 0 Å². The van der Waals surface area contributed by atoms with Gasteiger partial charge in [-0.05, 0) is 25.0 Å². The lowest BCUT2D eigenvalue weighted by molar-refractivity contribution is 0.861. The minimum Gasteiger partial charge on any atom is -0.389 e. The number of rotatable bonds is 5. The first-order valence-corrected chi connectivity index (χ1v) is 7.35. The second kappa shape index (κ2) is 6.63. The molecule has 0 spiro atoms. The Morgan fingerprint density at radius 1 is 1.29 bits per heavy atom. The molecule has 4 nitrogen and oxygen atoms in total. The van der Waals surface area contributed by atoms with Crippen LogP contribution in [0.2, 0.25) is 0 Å². The van der Waals surface area contributed by atoms with Crippen molar-refractivity contribution in [2.24, 2.45) is 5.73 Å². The van der Waals surface area contributed by atoms with Crippen LogP contribution in [0.5, 0.6) is 0 Å². The van der Waals surface area contributed by atoms with Gasteiger partial charge in [0.05, 0.1) is 0 Å². The first-order valence-electron chi connectivity index (χ1n) is 6.94. The van der Waals surface area contributed by atoms with Crippen LogP contribution in [-0.2, 0) is 13.0 Å². The van der Waals surface area contributed by atoms with Gasteiger partial charge < -0.3 is 10.6 Å². The molecule has 5 heteroatoms. The first-order chi connectivity index (χ1) is 9.99. The minimum atomic E-state index is 0.422. The third-order valence-electron chi connectivity index (χ3n) is 3.26. The van der Waals surface area contributed by atoms with Crippen LogP contribution in [0, 0.1) is 6.92 Å². The highest BCUT2D eigenvalue weighted by molar-refractivity contribution is 7.80. The summed E-state index contributed by atoms with van der Waals surface area (Å²) in [6.45, 7) is 4.76. The molecule has 0 radical (unpaired) electrons. The van der Waals surface area contributed by atoms with E-state index in [0.717, 1.165) is 41.4 Å². The molecule has 0 amide bonds. The Bertz CT molecular complexity index is 654. The summed E-state index contributed by atoms with van der Waals surface area (Å²) in [5, 5.41) is 0. The molecule has 0 saturated carbocycles. The lowest BCUT2D eigenvalue weighted by atomic mass is 10.1. The number of hydrogen-bond donors (Lipinski definition) is 1. The van der Waals surface area contributed by atoms with Crippen molar-refractivity contribution in [3.05, 3.63) is 53.0 Å². The van der Waals surface area contributed by atoms with Gasteiger partial charge in [-0.2, -0.15) is 0 Å². The van der Waals surface area contributed by atoms with Crippen LogP contribution in [0.15, 0.2) is 30.3 Å². The average molecular weight is 300 g/mol. The van der Waals surface area contributed by atoms with E-state index in [1.165, 1.54) is 0 Å². The Balaban J connectivity index is 2.21. The fraction of sp³-hybridized carbons (Fsp3) is 0.312. The van der Waals surface area contributed by atoms with Crippen LogP contribution in [0.1, 0.15) is 29.6 Å². The molecule has 0 unspecified atom stereocenters. The van der Waals surface area contributed by atoms with Gasteiger partial charge in [-0.15, -0.1) is 0 Å². The predicted molar refractivity (Wildman–Crippen MR) is 90.6 cm³/mol. The van der Waals surface area contributed by atoms with E-state index in [0.29, 0.717) is 4.99 Å². The molecule has 1 aromatic carbocycles. The minimum absolute atomic E-state index is 0.422. The molecular weight excluding hydrogens is 280 g/mol. The quantitative estimate of drug-likeness (QED) is 0.860. The molecule has 0 aliphatic carbocycles. The van der Waals surface area contributed by atoms with Gasteiger partial charge >= 0.3 is 0 Å². The van der Waals surface area contributed by atoms with E-state index in [9.17, 15) is 0 Å². The van der Waals surface area contributed by atoms with E-state index < -0.39 is 0 Å². The molecule has 0 aliphatic heterocycles. The molecule has 2 N–H and O–H groups in total. The number of anilines is 1. The first kappa shape index (κ1) is 15.4. The van der Waals surface area contributed by atoms with Crippen molar-refractivity contribution in [2.75, 3.05) is 11.9 Å². The summed E-state index contributed by atoms with van der Waals surface area (Å²) in [7, 11) is 2.02. The average Bonchev–Trinajstić information content (AvgIpc) is 2.46. The Morgan fingerprint density at radius 2 is 2.05 bits per heavy atom. The molecule has 1 aromatic heterocycles. The molecule has 110 valence electrons. The van der Waals surface area contributed by atoms with Crippen molar-refractivity contribution in [3.8, 4) is 0 Å². The highest BCUT2D eigenvalue weighted by atomic mass is 32.1. The molecule has 1 heterocycles. The Kier molecular flexibility index (Phi) is 4.85. The number of nitrogens with zero attached hydrogens (tertiary/aromatic N) is 3. The van der Waals surface area contributed by atoms with Gasteiger partial charge in [0, 0.05) is 30.9 Å². The van der Waals surface area contributed by atoms with Crippen LogP contribution < -0.4 is 10.6 Å². The number of thiocarbonyl (C=S) groups is 1. The molecule has 0 aliphatic rings. The summed E-state index contributed by atoms with van der Waals surface area (Å²) in [5.74, 6) is 1.73. The van der Waals surface area contributed by atoms with Crippen LogP contribution in [0.4, 0.5) is 5.82 Å². The maximum atomic E-state index is 5.68. The summed E-state index contributed by atoms with van der Waals surface area (Å²) in [6.07, 6.45) is 0.904. The van der Waals surface area contributed by atoms with Crippen LogP contribution in [0.3, 0.4) is 0 Å². The fourth-order valence-electron chi connectivity index (χ4n) is 2.17. The van der Waals surface area contributed by atoms with Crippen molar-refractivity contribution < 1.29 is 0 Å². The Labute approximate surface area is 131 Å². The van der Waals surface area contributed by atoms with Crippen LogP contribution in [0.25, 0.3) is 0 Å². The summed E-state index contributed by atoms with van der Waals surface area (Å²) in [6, 6.07) is 10.0. The van der Waals surface area contributed by atoms with Gasteiger partial charge in [-0.3, -0.25) is 0 Å². The molecule has 0 fully saturated rings. The van der Waals surface area contributed by atoms with Gasteiger partial charge in [0.25, 0.3) is 0 Å². The van der Waals surface area contributed by atoms with Gasteiger partial charge in [0.1, 0.15) is 16.6 Å².